The second kappa shape index (κ2) is 9.02. The van der Waals surface area contributed by atoms with Crippen molar-refractivity contribution in [3.05, 3.63) is 53.3 Å². The lowest BCUT2D eigenvalue weighted by Gasteiger charge is -2.20. The summed E-state index contributed by atoms with van der Waals surface area (Å²) in [7, 11) is 0. The minimum Gasteiger partial charge on any atom is -0.427 e. The van der Waals surface area contributed by atoms with Crippen LogP contribution in [0, 0.1) is 0 Å². The van der Waals surface area contributed by atoms with E-state index in [-0.39, 0.29) is 11.0 Å². The molecule has 30 heavy (non-hydrogen) atoms. The van der Waals surface area contributed by atoms with Crippen LogP contribution in [0.5, 0.6) is 5.75 Å². The number of carbonyl (C=O) groups is 2. The van der Waals surface area contributed by atoms with Crippen molar-refractivity contribution in [2.75, 3.05) is 11.1 Å². The van der Waals surface area contributed by atoms with Crippen LogP contribution in [0.1, 0.15) is 36.5 Å². The Balaban J connectivity index is 1.59. The number of halogens is 1. The molecule has 0 amide bonds. The van der Waals surface area contributed by atoms with Gasteiger partial charge in [0.2, 0.25) is 0 Å². The van der Waals surface area contributed by atoms with E-state index in [1.165, 1.54) is 13.3 Å². The van der Waals surface area contributed by atoms with Gasteiger partial charge >= 0.3 is 5.97 Å². The summed E-state index contributed by atoms with van der Waals surface area (Å²) >= 11 is 8.16. The van der Waals surface area contributed by atoms with Crippen molar-refractivity contribution in [3.8, 4) is 5.75 Å². The van der Waals surface area contributed by atoms with Crippen LogP contribution in [0.15, 0.2) is 42.7 Å². The van der Waals surface area contributed by atoms with Crippen molar-refractivity contribution in [1.29, 1.82) is 0 Å². The average molecular weight is 442 g/mol. The van der Waals surface area contributed by atoms with Crippen LogP contribution >= 0.6 is 23.4 Å². The lowest BCUT2D eigenvalue weighted by molar-refractivity contribution is -0.131. The zero-order valence-corrected chi connectivity index (χ0v) is 17.9. The smallest absolute Gasteiger partial charge is 0.308 e. The molecule has 154 valence electrons. The highest BCUT2D eigenvalue weighted by molar-refractivity contribution is 8.00. The van der Waals surface area contributed by atoms with Gasteiger partial charge in [-0.1, -0.05) is 18.0 Å². The van der Waals surface area contributed by atoms with E-state index >= 15 is 0 Å². The van der Waals surface area contributed by atoms with Gasteiger partial charge in [-0.2, -0.15) is 11.8 Å². The summed E-state index contributed by atoms with van der Waals surface area (Å²) in [6.07, 6.45) is 4.60. The monoisotopic (exact) mass is 441 g/mol. The quantitative estimate of drug-likeness (QED) is 0.321. The Morgan fingerprint density at radius 1 is 1.17 bits per heavy atom. The molecule has 3 aromatic rings. The molecule has 0 aliphatic carbocycles. The van der Waals surface area contributed by atoms with Crippen LogP contribution < -0.4 is 10.1 Å². The number of anilines is 2. The zero-order valence-electron chi connectivity index (χ0n) is 16.4. The van der Waals surface area contributed by atoms with Gasteiger partial charge in [0.1, 0.15) is 17.9 Å². The van der Waals surface area contributed by atoms with Gasteiger partial charge in [0.05, 0.1) is 15.8 Å². The SMILES string of the molecule is CC(=O)Oc1ccc2ncnc(Nc3ccc(C(=O)C4CCCCS4)c(Cl)c3)c2c1. The second-order valence-electron chi connectivity index (χ2n) is 7.03. The van der Waals surface area contributed by atoms with Crippen molar-refractivity contribution >= 4 is 57.5 Å². The molecule has 0 radical (unpaired) electrons. The van der Waals surface area contributed by atoms with Gasteiger partial charge in [0.25, 0.3) is 0 Å². The van der Waals surface area contributed by atoms with Crippen molar-refractivity contribution < 1.29 is 14.3 Å². The summed E-state index contributed by atoms with van der Waals surface area (Å²) in [5.74, 6) is 1.67. The maximum absolute atomic E-state index is 12.8. The van der Waals surface area contributed by atoms with Crippen molar-refractivity contribution in [3.63, 3.8) is 0 Å². The van der Waals surface area contributed by atoms with E-state index in [9.17, 15) is 9.59 Å². The number of ether oxygens (including phenoxy) is 1. The molecular weight excluding hydrogens is 422 g/mol. The fraction of sp³-hybridized carbons (Fsp3) is 0.273. The molecular formula is C22H20ClN3O3S. The number of benzene rings is 2. The number of Topliss-reactive ketones (excluding diaryl/α,β-unsaturated/α-hetero) is 1. The van der Waals surface area contributed by atoms with Gasteiger partial charge in [0, 0.05) is 23.6 Å². The summed E-state index contributed by atoms with van der Waals surface area (Å²) in [4.78, 5) is 32.6. The molecule has 6 nitrogen and oxygen atoms in total. The standard InChI is InChI=1S/C22H20ClN3O3S/c1-13(27)29-15-6-8-19-17(11-15)22(25-12-24-19)26-14-5-7-16(18(23)10-14)21(28)20-4-2-3-9-30-20/h5-8,10-12,20H,2-4,9H2,1H3,(H,24,25,26). The number of nitrogens with zero attached hydrogens (tertiary/aromatic N) is 2. The third-order valence-corrected chi connectivity index (χ3v) is 6.53. The number of thioether (sulfide) groups is 1. The van der Waals surface area contributed by atoms with Gasteiger partial charge in [-0.25, -0.2) is 9.97 Å². The molecule has 4 rings (SSSR count). The lowest BCUT2D eigenvalue weighted by Crippen LogP contribution is -2.21. The summed E-state index contributed by atoms with van der Waals surface area (Å²) < 4.78 is 5.16. The van der Waals surface area contributed by atoms with Crippen molar-refractivity contribution in [2.45, 2.75) is 31.4 Å². The molecule has 1 unspecified atom stereocenters. The number of rotatable bonds is 5. The molecule has 1 fully saturated rings. The molecule has 1 aliphatic heterocycles. The number of nitrogens with one attached hydrogen (secondary N) is 1. The Kier molecular flexibility index (Phi) is 6.20. The molecule has 1 atom stereocenters. The predicted octanol–water partition coefficient (Wildman–Crippen LogP) is 5.42. The number of hydrogen-bond donors (Lipinski definition) is 1. The van der Waals surface area contributed by atoms with E-state index in [2.05, 4.69) is 15.3 Å². The number of esters is 1. The summed E-state index contributed by atoms with van der Waals surface area (Å²) in [5.41, 5.74) is 1.95. The summed E-state index contributed by atoms with van der Waals surface area (Å²) in [5, 5.41) is 4.32. The van der Waals surface area contributed by atoms with Crippen LogP contribution in [0.4, 0.5) is 11.5 Å². The van der Waals surface area contributed by atoms with Crippen molar-refractivity contribution in [1.82, 2.24) is 9.97 Å². The van der Waals surface area contributed by atoms with Gasteiger partial charge in [-0.15, -0.1) is 0 Å². The Hall–Kier alpha value is -2.64. The van der Waals surface area contributed by atoms with Crippen molar-refractivity contribution in [2.24, 2.45) is 0 Å². The van der Waals surface area contributed by atoms with E-state index in [1.54, 1.807) is 42.1 Å². The molecule has 0 spiro atoms. The van der Waals surface area contributed by atoms with Crippen LogP contribution in [-0.2, 0) is 4.79 Å². The Bertz CT molecular complexity index is 1120. The average Bonchev–Trinajstić information content (AvgIpc) is 2.74. The van der Waals surface area contributed by atoms with Crippen LogP contribution in [-0.4, -0.2) is 32.7 Å². The minimum absolute atomic E-state index is 0.0134. The van der Waals surface area contributed by atoms with Gasteiger partial charge in [-0.3, -0.25) is 9.59 Å². The Labute approximate surface area is 183 Å². The first-order valence-electron chi connectivity index (χ1n) is 9.67. The van der Waals surface area contributed by atoms with Gasteiger partial charge < -0.3 is 10.1 Å². The largest absolute Gasteiger partial charge is 0.427 e. The zero-order chi connectivity index (χ0) is 21.1. The topological polar surface area (TPSA) is 81.2 Å². The van der Waals surface area contributed by atoms with E-state index in [0.717, 1.165) is 25.0 Å². The molecule has 2 heterocycles. The first kappa shape index (κ1) is 20.6. The van der Waals surface area contributed by atoms with Gasteiger partial charge in [-0.05, 0) is 55.0 Å². The predicted molar refractivity (Wildman–Crippen MR) is 120 cm³/mol. The minimum atomic E-state index is -0.399. The van der Waals surface area contributed by atoms with Gasteiger partial charge in [0.15, 0.2) is 5.78 Å². The van der Waals surface area contributed by atoms with E-state index < -0.39 is 5.97 Å². The second-order valence-corrected chi connectivity index (χ2v) is 8.75. The molecule has 1 aromatic heterocycles. The molecule has 1 N–H and O–H groups in total. The highest BCUT2D eigenvalue weighted by Crippen LogP contribution is 2.32. The van der Waals surface area contributed by atoms with Crippen LogP contribution in [0.3, 0.4) is 0 Å². The van der Waals surface area contributed by atoms with Crippen LogP contribution in [0.25, 0.3) is 10.9 Å². The van der Waals surface area contributed by atoms with E-state index in [4.69, 9.17) is 16.3 Å². The normalized spacial score (nSPS) is 16.3. The number of ketones is 1. The number of hydrogen-bond acceptors (Lipinski definition) is 7. The maximum Gasteiger partial charge on any atom is 0.308 e. The fourth-order valence-corrected chi connectivity index (χ4v) is 4.96. The van der Waals surface area contributed by atoms with E-state index in [1.807, 2.05) is 6.07 Å². The highest BCUT2D eigenvalue weighted by Gasteiger charge is 2.24. The maximum atomic E-state index is 12.8. The Morgan fingerprint density at radius 3 is 2.77 bits per heavy atom. The number of fused-ring (bicyclic) bond motifs is 1. The molecule has 2 aromatic carbocycles. The lowest BCUT2D eigenvalue weighted by atomic mass is 10.0. The fourth-order valence-electron chi connectivity index (χ4n) is 3.42. The number of aromatic nitrogens is 2. The van der Waals surface area contributed by atoms with E-state index in [0.29, 0.717) is 38.7 Å². The Morgan fingerprint density at radius 2 is 2.03 bits per heavy atom. The van der Waals surface area contributed by atoms with Crippen LogP contribution in [0.2, 0.25) is 5.02 Å². The molecule has 0 bridgehead atoms. The molecule has 8 heteroatoms. The first-order chi connectivity index (χ1) is 14.5. The summed E-state index contributed by atoms with van der Waals surface area (Å²) in [6.45, 7) is 1.35. The highest BCUT2D eigenvalue weighted by atomic mass is 35.5. The summed E-state index contributed by atoms with van der Waals surface area (Å²) in [6, 6.07) is 10.5. The molecule has 1 aliphatic rings. The third kappa shape index (κ3) is 4.57. The molecule has 0 saturated carbocycles. The third-order valence-electron chi connectivity index (χ3n) is 4.84. The number of carbonyl (C=O) groups excluding carboxylic acids is 2. The molecule has 1 saturated heterocycles. The first-order valence-corrected chi connectivity index (χ1v) is 11.1.